The van der Waals surface area contributed by atoms with E-state index in [9.17, 15) is 9.18 Å². The number of pyridine rings is 1. The fourth-order valence-electron chi connectivity index (χ4n) is 1.51. The van der Waals surface area contributed by atoms with Gasteiger partial charge in [-0.1, -0.05) is 11.6 Å². The third-order valence-corrected chi connectivity index (χ3v) is 2.78. The molecule has 2 aromatic rings. The molecule has 2 N–H and O–H groups in total. The van der Waals surface area contributed by atoms with Crippen LogP contribution in [0.3, 0.4) is 0 Å². The molecule has 2 rings (SSSR count). The molecule has 1 aromatic carbocycles. The first kappa shape index (κ1) is 13.8. The number of anilines is 2. The van der Waals surface area contributed by atoms with E-state index in [2.05, 4.69) is 10.3 Å². The Morgan fingerprint density at radius 3 is 2.80 bits per heavy atom. The lowest BCUT2D eigenvalue weighted by molar-refractivity contribution is 0.0692. The summed E-state index contributed by atoms with van der Waals surface area (Å²) in [6.45, 7) is 0. The molecule has 0 aliphatic rings. The summed E-state index contributed by atoms with van der Waals surface area (Å²) in [6.07, 6.45) is 1.17. The van der Waals surface area contributed by atoms with Crippen LogP contribution in [0, 0.1) is 17.1 Å². The SMILES string of the molecule is N#Cc1ccc(Nc2nccc(C(=O)O)c2F)c(Cl)c1. The maximum Gasteiger partial charge on any atom is 0.338 e. The number of carboxylic acids is 1. The Morgan fingerprint density at radius 1 is 1.45 bits per heavy atom. The van der Waals surface area contributed by atoms with Crippen LogP contribution in [-0.2, 0) is 0 Å². The van der Waals surface area contributed by atoms with Crippen molar-refractivity contribution >= 4 is 29.1 Å². The molecule has 0 saturated carbocycles. The summed E-state index contributed by atoms with van der Waals surface area (Å²) in [5.74, 6) is -2.63. The van der Waals surface area contributed by atoms with Crippen molar-refractivity contribution in [3.8, 4) is 6.07 Å². The number of hydrogen-bond acceptors (Lipinski definition) is 4. The Hall–Kier alpha value is -2.65. The van der Waals surface area contributed by atoms with Crippen molar-refractivity contribution in [3.05, 3.63) is 52.4 Å². The Labute approximate surface area is 118 Å². The van der Waals surface area contributed by atoms with E-state index >= 15 is 0 Å². The molecule has 0 bridgehead atoms. The number of rotatable bonds is 3. The summed E-state index contributed by atoms with van der Waals surface area (Å²) in [4.78, 5) is 14.5. The highest BCUT2D eigenvalue weighted by Gasteiger charge is 2.15. The Kier molecular flexibility index (Phi) is 3.82. The summed E-state index contributed by atoms with van der Waals surface area (Å²) >= 11 is 5.93. The van der Waals surface area contributed by atoms with Crippen molar-refractivity contribution in [1.82, 2.24) is 4.98 Å². The largest absolute Gasteiger partial charge is 0.478 e. The van der Waals surface area contributed by atoms with Gasteiger partial charge in [0.2, 0.25) is 0 Å². The number of carbonyl (C=O) groups is 1. The highest BCUT2D eigenvalue weighted by atomic mass is 35.5. The molecule has 100 valence electrons. The summed E-state index contributed by atoms with van der Waals surface area (Å²) < 4.78 is 13.9. The fourth-order valence-corrected chi connectivity index (χ4v) is 1.74. The molecule has 0 aliphatic heterocycles. The van der Waals surface area contributed by atoms with Gasteiger partial charge in [0.25, 0.3) is 0 Å². The van der Waals surface area contributed by atoms with Gasteiger partial charge in [0.05, 0.1) is 22.3 Å². The predicted molar refractivity (Wildman–Crippen MR) is 70.6 cm³/mol. The number of hydrogen-bond donors (Lipinski definition) is 2. The van der Waals surface area contributed by atoms with E-state index in [1.165, 1.54) is 24.4 Å². The number of aromatic carboxylic acids is 1. The quantitative estimate of drug-likeness (QED) is 0.907. The van der Waals surface area contributed by atoms with E-state index in [1.807, 2.05) is 6.07 Å². The van der Waals surface area contributed by atoms with E-state index in [1.54, 1.807) is 0 Å². The van der Waals surface area contributed by atoms with Crippen molar-refractivity contribution in [3.63, 3.8) is 0 Å². The maximum absolute atomic E-state index is 13.9. The van der Waals surface area contributed by atoms with Crippen molar-refractivity contribution in [1.29, 1.82) is 5.26 Å². The smallest absolute Gasteiger partial charge is 0.338 e. The first-order valence-electron chi connectivity index (χ1n) is 5.37. The number of nitrogens with one attached hydrogen (secondary N) is 1. The number of benzene rings is 1. The van der Waals surface area contributed by atoms with E-state index in [-0.39, 0.29) is 10.8 Å². The van der Waals surface area contributed by atoms with Gasteiger partial charge in [-0.05, 0) is 24.3 Å². The molecule has 0 saturated heterocycles. The van der Waals surface area contributed by atoms with Gasteiger partial charge >= 0.3 is 5.97 Å². The molecule has 0 spiro atoms. The lowest BCUT2D eigenvalue weighted by Gasteiger charge is -2.09. The molecule has 0 amide bonds. The molecule has 1 heterocycles. The van der Waals surface area contributed by atoms with Crippen molar-refractivity contribution in [2.24, 2.45) is 0 Å². The second-order valence-electron chi connectivity index (χ2n) is 3.76. The number of aromatic nitrogens is 1. The minimum atomic E-state index is -1.39. The van der Waals surface area contributed by atoms with Gasteiger partial charge in [-0.15, -0.1) is 0 Å². The highest BCUT2D eigenvalue weighted by Crippen LogP contribution is 2.27. The Morgan fingerprint density at radius 2 is 2.20 bits per heavy atom. The van der Waals surface area contributed by atoms with Crippen LogP contribution >= 0.6 is 11.6 Å². The average Bonchev–Trinajstić information content (AvgIpc) is 2.42. The minimum absolute atomic E-state index is 0.200. The Balaban J connectivity index is 2.38. The van der Waals surface area contributed by atoms with Gasteiger partial charge in [0, 0.05) is 6.20 Å². The van der Waals surface area contributed by atoms with E-state index in [4.69, 9.17) is 22.0 Å². The molecule has 0 unspecified atom stereocenters. The van der Waals surface area contributed by atoms with Gasteiger partial charge in [-0.2, -0.15) is 5.26 Å². The third-order valence-electron chi connectivity index (χ3n) is 2.47. The zero-order valence-corrected chi connectivity index (χ0v) is 10.6. The van der Waals surface area contributed by atoms with Crippen LogP contribution in [0.4, 0.5) is 15.9 Å². The summed E-state index contributed by atoms with van der Waals surface area (Å²) in [7, 11) is 0. The van der Waals surface area contributed by atoms with Crippen LogP contribution in [0.15, 0.2) is 30.5 Å². The van der Waals surface area contributed by atoms with Gasteiger partial charge in [0.1, 0.15) is 5.56 Å². The fraction of sp³-hybridized carbons (Fsp3) is 0. The second kappa shape index (κ2) is 5.55. The van der Waals surface area contributed by atoms with Gasteiger partial charge < -0.3 is 10.4 Å². The minimum Gasteiger partial charge on any atom is -0.478 e. The van der Waals surface area contributed by atoms with Crippen molar-refractivity contribution < 1.29 is 14.3 Å². The molecule has 0 fully saturated rings. The lowest BCUT2D eigenvalue weighted by Crippen LogP contribution is -2.05. The first-order chi connectivity index (χ1) is 9.52. The molecular weight excluding hydrogens is 285 g/mol. The molecule has 1 aromatic heterocycles. The second-order valence-corrected chi connectivity index (χ2v) is 4.16. The Bertz CT molecular complexity index is 728. The number of halogens is 2. The van der Waals surface area contributed by atoms with Gasteiger partial charge in [-0.25, -0.2) is 14.2 Å². The molecule has 0 atom stereocenters. The highest BCUT2D eigenvalue weighted by molar-refractivity contribution is 6.33. The maximum atomic E-state index is 13.9. The summed E-state index contributed by atoms with van der Waals surface area (Å²) in [5, 5.41) is 20.3. The van der Waals surface area contributed by atoms with E-state index in [0.29, 0.717) is 11.3 Å². The standard InChI is InChI=1S/C13H7ClFN3O2/c14-9-5-7(6-16)1-2-10(9)18-12-11(15)8(13(19)20)3-4-17-12/h1-5H,(H,17,18)(H,19,20). The molecular formula is C13H7ClFN3O2. The normalized spacial score (nSPS) is 9.85. The summed E-state index contributed by atoms with van der Waals surface area (Å²) in [6, 6.07) is 7.35. The number of carboxylic acid groups (broad SMARTS) is 1. The zero-order valence-electron chi connectivity index (χ0n) is 9.89. The van der Waals surface area contributed by atoms with Crippen LogP contribution in [0.2, 0.25) is 5.02 Å². The summed E-state index contributed by atoms with van der Waals surface area (Å²) in [5.41, 5.74) is 0.181. The average molecular weight is 292 g/mol. The van der Waals surface area contributed by atoms with Crippen molar-refractivity contribution in [2.75, 3.05) is 5.32 Å². The molecule has 20 heavy (non-hydrogen) atoms. The van der Waals surface area contributed by atoms with Crippen LogP contribution in [0.5, 0.6) is 0 Å². The zero-order chi connectivity index (χ0) is 14.7. The predicted octanol–water partition coefficient (Wildman–Crippen LogP) is 3.19. The van der Waals surface area contributed by atoms with E-state index in [0.717, 1.165) is 6.07 Å². The molecule has 0 aliphatic carbocycles. The van der Waals surface area contributed by atoms with Crippen LogP contribution in [0.25, 0.3) is 0 Å². The molecule has 5 nitrogen and oxygen atoms in total. The van der Waals surface area contributed by atoms with Crippen LogP contribution < -0.4 is 5.32 Å². The van der Waals surface area contributed by atoms with Crippen molar-refractivity contribution in [2.45, 2.75) is 0 Å². The van der Waals surface area contributed by atoms with Crippen LogP contribution in [0.1, 0.15) is 15.9 Å². The molecule has 7 heteroatoms. The number of nitriles is 1. The van der Waals surface area contributed by atoms with Gasteiger partial charge in [-0.3, -0.25) is 0 Å². The van der Waals surface area contributed by atoms with Crippen LogP contribution in [-0.4, -0.2) is 16.1 Å². The first-order valence-corrected chi connectivity index (χ1v) is 5.75. The van der Waals surface area contributed by atoms with E-state index < -0.39 is 17.3 Å². The number of nitrogens with zero attached hydrogens (tertiary/aromatic N) is 2. The molecule has 0 radical (unpaired) electrons. The van der Waals surface area contributed by atoms with Gasteiger partial charge in [0.15, 0.2) is 11.6 Å². The lowest BCUT2D eigenvalue weighted by atomic mass is 10.2. The monoisotopic (exact) mass is 291 g/mol. The topological polar surface area (TPSA) is 86.0 Å². The third kappa shape index (κ3) is 2.68.